The van der Waals surface area contributed by atoms with Gasteiger partial charge in [0.25, 0.3) is 0 Å². The number of hydrogen-bond acceptors (Lipinski definition) is 3. The second kappa shape index (κ2) is 7.44. The number of esters is 1. The SMILES string of the molecule is O=C(CCCc1ccccc1)Oc1cccc2c1Cc1ccccc1O2. The highest BCUT2D eigenvalue weighted by Gasteiger charge is 2.21. The molecule has 3 nitrogen and oxygen atoms in total. The summed E-state index contributed by atoms with van der Waals surface area (Å²) in [5.41, 5.74) is 3.28. The molecule has 3 aromatic carbocycles. The lowest BCUT2D eigenvalue weighted by atomic mass is 9.99. The number of rotatable bonds is 5. The van der Waals surface area contributed by atoms with Crippen LogP contribution in [0.5, 0.6) is 17.2 Å². The fourth-order valence-corrected chi connectivity index (χ4v) is 3.22. The minimum absolute atomic E-state index is 0.201. The van der Waals surface area contributed by atoms with E-state index in [4.69, 9.17) is 9.47 Å². The zero-order valence-corrected chi connectivity index (χ0v) is 14.5. The lowest BCUT2D eigenvalue weighted by molar-refractivity contribution is -0.134. The van der Waals surface area contributed by atoms with E-state index < -0.39 is 0 Å². The molecule has 3 aromatic rings. The predicted molar refractivity (Wildman–Crippen MR) is 101 cm³/mol. The minimum atomic E-state index is -0.201. The van der Waals surface area contributed by atoms with Crippen molar-refractivity contribution in [2.45, 2.75) is 25.7 Å². The maximum Gasteiger partial charge on any atom is 0.311 e. The van der Waals surface area contributed by atoms with Crippen molar-refractivity contribution in [2.75, 3.05) is 0 Å². The third-order valence-electron chi connectivity index (χ3n) is 4.56. The quantitative estimate of drug-likeness (QED) is 0.363. The third-order valence-corrected chi connectivity index (χ3v) is 4.56. The van der Waals surface area contributed by atoms with Crippen LogP contribution >= 0.6 is 0 Å². The van der Waals surface area contributed by atoms with Gasteiger partial charge in [-0.25, -0.2) is 0 Å². The molecule has 0 bridgehead atoms. The van der Waals surface area contributed by atoms with Crippen LogP contribution < -0.4 is 9.47 Å². The molecule has 0 spiro atoms. The van der Waals surface area contributed by atoms with Gasteiger partial charge in [-0.1, -0.05) is 54.6 Å². The Kier molecular flexibility index (Phi) is 4.69. The number of hydrogen-bond donors (Lipinski definition) is 0. The van der Waals surface area contributed by atoms with Gasteiger partial charge in [-0.2, -0.15) is 0 Å². The average molecular weight is 344 g/mol. The molecule has 1 aliphatic heterocycles. The van der Waals surface area contributed by atoms with E-state index in [2.05, 4.69) is 12.1 Å². The van der Waals surface area contributed by atoms with Crippen LogP contribution in [0.15, 0.2) is 72.8 Å². The van der Waals surface area contributed by atoms with Crippen molar-refractivity contribution in [1.29, 1.82) is 0 Å². The van der Waals surface area contributed by atoms with Gasteiger partial charge >= 0.3 is 5.97 Å². The first-order valence-corrected chi connectivity index (χ1v) is 8.92. The summed E-state index contributed by atoms with van der Waals surface area (Å²) in [6, 6.07) is 23.7. The van der Waals surface area contributed by atoms with Crippen molar-refractivity contribution in [1.82, 2.24) is 0 Å². The zero-order valence-electron chi connectivity index (χ0n) is 14.5. The number of fused-ring (bicyclic) bond motifs is 2. The summed E-state index contributed by atoms with van der Waals surface area (Å²) in [5, 5.41) is 0. The van der Waals surface area contributed by atoms with Gasteiger partial charge in [0.1, 0.15) is 17.2 Å². The molecule has 0 fully saturated rings. The van der Waals surface area contributed by atoms with E-state index in [1.807, 2.05) is 60.7 Å². The van der Waals surface area contributed by atoms with Crippen LogP contribution in [0.3, 0.4) is 0 Å². The van der Waals surface area contributed by atoms with Crippen molar-refractivity contribution >= 4 is 5.97 Å². The summed E-state index contributed by atoms with van der Waals surface area (Å²) in [6.45, 7) is 0. The molecule has 4 rings (SSSR count). The van der Waals surface area contributed by atoms with Crippen molar-refractivity contribution in [3.63, 3.8) is 0 Å². The molecule has 0 aromatic heterocycles. The van der Waals surface area contributed by atoms with Gasteiger partial charge in [-0.15, -0.1) is 0 Å². The second-order valence-corrected chi connectivity index (χ2v) is 6.43. The van der Waals surface area contributed by atoms with Gasteiger partial charge in [0.05, 0.1) is 0 Å². The fourth-order valence-electron chi connectivity index (χ4n) is 3.22. The van der Waals surface area contributed by atoms with Crippen LogP contribution in [0.1, 0.15) is 29.5 Å². The number of carbonyl (C=O) groups is 1. The standard InChI is InChI=1S/C23H20O3/c24-23(15-6-10-17-8-2-1-3-9-17)26-22-14-7-13-21-19(22)16-18-11-4-5-12-20(18)25-21/h1-5,7-9,11-14H,6,10,15-16H2. The van der Waals surface area contributed by atoms with Gasteiger partial charge in [0, 0.05) is 18.4 Å². The van der Waals surface area contributed by atoms with E-state index in [0.717, 1.165) is 35.5 Å². The van der Waals surface area contributed by atoms with Crippen LogP contribution in [0.2, 0.25) is 0 Å². The Morgan fingerprint density at radius 1 is 0.885 bits per heavy atom. The van der Waals surface area contributed by atoms with Crippen LogP contribution in [-0.2, 0) is 17.6 Å². The van der Waals surface area contributed by atoms with Crippen molar-refractivity contribution in [3.8, 4) is 17.2 Å². The first-order chi connectivity index (χ1) is 12.8. The fraction of sp³-hybridized carbons (Fsp3) is 0.174. The summed E-state index contributed by atoms with van der Waals surface area (Å²) in [6.07, 6.45) is 2.76. The summed E-state index contributed by atoms with van der Waals surface area (Å²) in [4.78, 5) is 12.3. The molecule has 0 N–H and O–H groups in total. The highest BCUT2D eigenvalue weighted by Crippen LogP contribution is 2.40. The molecule has 3 heteroatoms. The summed E-state index contributed by atoms with van der Waals surface area (Å²) in [7, 11) is 0. The number of ether oxygens (including phenoxy) is 2. The van der Waals surface area contributed by atoms with E-state index in [-0.39, 0.29) is 5.97 Å². The first kappa shape index (κ1) is 16.4. The van der Waals surface area contributed by atoms with Crippen LogP contribution in [0.4, 0.5) is 0 Å². The maximum absolute atomic E-state index is 12.3. The van der Waals surface area contributed by atoms with Gasteiger partial charge < -0.3 is 9.47 Å². The van der Waals surface area contributed by atoms with E-state index in [1.165, 1.54) is 5.56 Å². The Labute approximate surface area is 153 Å². The van der Waals surface area contributed by atoms with Crippen molar-refractivity contribution in [3.05, 3.63) is 89.5 Å². The monoisotopic (exact) mass is 344 g/mol. The zero-order chi connectivity index (χ0) is 17.8. The molecule has 0 atom stereocenters. The topological polar surface area (TPSA) is 35.5 Å². The molecule has 0 radical (unpaired) electrons. The Balaban J connectivity index is 1.41. The Morgan fingerprint density at radius 2 is 1.65 bits per heavy atom. The molecule has 1 aliphatic rings. The molecule has 0 amide bonds. The molecular formula is C23H20O3. The van der Waals surface area contributed by atoms with E-state index in [9.17, 15) is 4.79 Å². The summed E-state index contributed by atoms with van der Waals surface area (Å²) in [5.74, 6) is 2.03. The lowest BCUT2D eigenvalue weighted by Gasteiger charge is -2.22. The minimum Gasteiger partial charge on any atom is -0.457 e. The highest BCUT2D eigenvalue weighted by molar-refractivity contribution is 5.73. The van der Waals surface area contributed by atoms with Crippen molar-refractivity contribution < 1.29 is 14.3 Å². The molecule has 0 saturated heterocycles. The molecular weight excluding hydrogens is 324 g/mol. The average Bonchev–Trinajstić information content (AvgIpc) is 2.68. The van der Waals surface area contributed by atoms with E-state index >= 15 is 0 Å². The lowest BCUT2D eigenvalue weighted by Crippen LogP contribution is -2.11. The van der Waals surface area contributed by atoms with E-state index in [0.29, 0.717) is 18.6 Å². The number of carbonyl (C=O) groups excluding carboxylic acids is 1. The predicted octanol–water partition coefficient (Wildman–Crippen LogP) is 5.31. The van der Waals surface area contributed by atoms with Crippen molar-refractivity contribution in [2.24, 2.45) is 0 Å². The van der Waals surface area contributed by atoms with Crippen LogP contribution in [-0.4, -0.2) is 5.97 Å². The molecule has 1 heterocycles. The second-order valence-electron chi connectivity index (χ2n) is 6.43. The summed E-state index contributed by atoms with van der Waals surface area (Å²) >= 11 is 0. The normalized spacial score (nSPS) is 11.8. The third kappa shape index (κ3) is 3.62. The van der Waals surface area contributed by atoms with Gasteiger partial charge in [-0.3, -0.25) is 4.79 Å². The van der Waals surface area contributed by atoms with Gasteiger partial charge in [-0.05, 0) is 42.2 Å². The molecule has 130 valence electrons. The Hall–Kier alpha value is -3.07. The maximum atomic E-state index is 12.3. The molecule has 0 saturated carbocycles. The van der Waals surface area contributed by atoms with Crippen LogP contribution in [0, 0.1) is 0 Å². The number of benzene rings is 3. The summed E-state index contributed by atoms with van der Waals surface area (Å²) < 4.78 is 11.6. The molecule has 26 heavy (non-hydrogen) atoms. The smallest absolute Gasteiger partial charge is 0.311 e. The van der Waals surface area contributed by atoms with Crippen LogP contribution in [0.25, 0.3) is 0 Å². The Morgan fingerprint density at radius 3 is 2.54 bits per heavy atom. The first-order valence-electron chi connectivity index (χ1n) is 8.92. The molecule has 0 unspecified atom stereocenters. The van der Waals surface area contributed by atoms with Gasteiger partial charge in [0.2, 0.25) is 0 Å². The number of para-hydroxylation sites is 1. The molecule has 0 aliphatic carbocycles. The van der Waals surface area contributed by atoms with E-state index in [1.54, 1.807) is 0 Å². The largest absolute Gasteiger partial charge is 0.457 e. The van der Waals surface area contributed by atoms with Gasteiger partial charge in [0.15, 0.2) is 0 Å². The number of aryl methyl sites for hydroxylation is 1. The Bertz CT molecular complexity index is 916. The highest BCUT2D eigenvalue weighted by atomic mass is 16.5.